The number of nitrogens with zero attached hydrogens (tertiary/aromatic N) is 1. The van der Waals surface area contributed by atoms with Crippen molar-refractivity contribution in [3.63, 3.8) is 0 Å². The molecule has 2 aliphatic rings. The second kappa shape index (κ2) is 8.42. The van der Waals surface area contributed by atoms with Crippen molar-refractivity contribution in [3.8, 4) is 11.1 Å². The SMILES string of the molecule is CC1(C)c2ccccc2N2c3c(cccc31)Bc1c(-c3cccc4c3[nH]c3cc5ccccc5cc34)cc3ccccc3c12. The maximum atomic E-state index is 3.87. The molecule has 1 aromatic heterocycles. The number of hydrogen-bond donors (Lipinski definition) is 1. The predicted molar refractivity (Wildman–Crippen MR) is 189 cm³/mol. The standard InChI is InChI=1S/C41H29BN2/c1-41(2)32-17-7-8-20-36(32)44-39-27-14-6-5-13-26(27)22-31(37(39)42-34-19-10-18-33(41)40(34)44)29-16-9-15-28-30-21-24-11-3-4-12-25(24)23-35(30)43-38(28)29/h3-23,42-43H,1-2H3. The summed E-state index contributed by atoms with van der Waals surface area (Å²) >= 11 is 0. The van der Waals surface area contributed by atoms with Gasteiger partial charge in [0.25, 0.3) is 0 Å². The molecule has 0 aliphatic carbocycles. The summed E-state index contributed by atoms with van der Waals surface area (Å²) in [5.74, 6) is 0. The highest BCUT2D eigenvalue weighted by Gasteiger charge is 2.41. The predicted octanol–water partition coefficient (Wildman–Crippen LogP) is 9.10. The summed E-state index contributed by atoms with van der Waals surface area (Å²) in [6.45, 7) is 4.76. The number of nitrogens with one attached hydrogen (secondary N) is 1. The van der Waals surface area contributed by atoms with Gasteiger partial charge in [-0.2, -0.15) is 0 Å². The first-order valence-electron chi connectivity index (χ1n) is 15.6. The Morgan fingerprint density at radius 1 is 0.568 bits per heavy atom. The highest BCUT2D eigenvalue weighted by molar-refractivity contribution is 6.74. The fourth-order valence-electron chi connectivity index (χ4n) is 8.27. The fourth-order valence-corrected chi connectivity index (χ4v) is 8.27. The summed E-state index contributed by atoms with van der Waals surface area (Å²) in [7, 11) is 0.897. The molecule has 2 nitrogen and oxygen atoms in total. The first-order valence-corrected chi connectivity index (χ1v) is 15.6. The maximum Gasteiger partial charge on any atom is 0.198 e. The van der Waals surface area contributed by atoms with E-state index in [0.29, 0.717) is 0 Å². The molecule has 0 spiro atoms. The van der Waals surface area contributed by atoms with E-state index in [4.69, 9.17) is 0 Å². The van der Waals surface area contributed by atoms with E-state index in [2.05, 4.69) is 151 Å². The summed E-state index contributed by atoms with van der Waals surface area (Å²) in [5.41, 5.74) is 14.4. The molecule has 0 saturated heterocycles. The molecule has 10 rings (SSSR count). The summed E-state index contributed by atoms with van der Waals surface area (Å²) in [6.07, 6.45) is 0. The summed E-state index contributed by atoms with van der Waals surface area (Å²) in [6, 6.07) is 47.4. The Kier molecular flexibility index (Phi) is 4.63. The number of para-hydroxylation sites is 3. The molecule has 1 N–H and O–H groups in total. The van der Waals surface area contributed by atoms with E-state index in [1.54, 1.807) is 0 Å². The Balaban J connectivity index is 1.32. The summed E-state index contributed by atoms with van der Waals surface area (Å²) in [4.78, 5) is 6.46. The largest absolute Gasteiger partial charge is 0.354 e. The first-order chi connectivity index (χ1) is 21.6. The van der Waals surface area contributed by atoms with Crippen LogP contribution < -0.4 is 15.8 Å². The van der Waals surface area contributed by atoms with E-state index in [-0.39, 0.29) is 5.41 Å². The van der Waals surface area contributed by atoms with Gasteiger partial charge in [0.15, 0.2) is 7.28 Å². The zero-order valence-electron chi connectivity index (χ0n) is 24.8. The van der Waals surface area contributed by atoms with E-state index in [0.717, 1.165) is 7.28 Å². The normalized spacial score (nSPS) is 14.5. The van der Waals surface area contributed by atoms with Crippen LogP contribution in [0.25, 0.3) is 54.5 Å². The number of rotatable bonds is 1. The van der Waals surface area contributed by atoms with E-state index < -0.39 is 0 Å². The van der Waals surface area contributed by atoms with Gasteiger partial charge in [-0.3, -0.25) is 0 Å². The molecule has 8 aromatic rings. The number of aromatic amines is 1. The lowest BCUT2D eigenvalue weighted by molar-refractivity contribution is 0.632. The Hall–Kier alpha value is -5.28. The molecule has 0 amide bonds. The quantitative estimate of drug-likeness (QED) is 0.199. The second-order valence-corrected chi connectivity index (χ2v) is 13.0. The van der Waals surface area contributed by atoms with E-state index >= 15 is 0 Å². The number of aromatic nitrogens is 1. The number of fused-ring (bicyclic) bond motifs is 10. The molecule has 2 aliphatic heterocycles. The summed E-state index contributed by atoms with van der Waals surface area (Å²) < 4.78 is 0. The molecular formula is C41H29BN2. The molecule has 0 fully saturated rings. The number of hydrogen-bond acceptors (Lipinski definition) is 1. The molecule has 7 aromatic carbocycles. The van der Waals surface area contributed by atoms with Crippen LogP contribution in [-0.2, 0) is 5.41 Å². The Morgan fingerprint density at radius 3 is 2.16 bits per heavy atom. The van der Waals surface area contributed by atoms with E-state index in [1.807, 2.05) is 0 Å². The molecule has 3 heteroatoms. The van der Waals surface area contributed by atoms with Crippen molar-refractivity contribution in [1.29, 1.82) is 0 Å². The third kappa shape index (κ3) is 3.06. The van der Waals surface area contributed by atoms with Crippen molar-refractivity contribution in [1.82, 2.24) is 4.98 Å². The molecule has 0 unspecified atom stereocenters. The monoisotopic (exact) mass is 560 g/mol. The average molecular weight is 561 g/mol. The minimum absolute atomic E-state index is 0.0805. The lowest BCUT2D eigenvalue weighted by Crippen LogP contribution is -2.45. The molecule has 206 valence electrons. The van der Waals surface area contributed by atoms with Crippen molar-refractivity contribution < 1.29 is 0 Å². The van der Waals surface area contributed by atoms with Crippen LogP contribution in [0.1, 0.15) is 25.0 Å². The van der Waals surface area contributed by atoms with Crippen LogP contribution >= 0.6 is 0 Å². The number of H-pyrrole nitrogens is 1. The third-order valence-electron chi connectivity index (χ3n) is 10.3. The van der Waals surface area contributed by atoms with Crippen molar-refractivity contribution in [3.05, 3.63) is 139 Å². The third-order valence-corrected chi connectivity index (χ3v) is 10.3. The molecule has 0 radical (unpaired) electrons. The molecule has 0 bridgehead atoms. The van der Waals surface area contributed by atoms with Crippen LogP contribution in [-0.4, -0.2) is 12.3 Å². The average Bonchev–Trinajstić information content (AvgIpc) is 3.42. The topological polar surface area (TPSA) is 19.0 Å². The molecule has 3 heterocycles. The van der Waals surface area contributed by atoms with Crippen molar-refractivity contribution >= 4 is 78.6 Å². The molecule has 0 saturated carbocycles. The Bertz CT molecular complexity index is 2520. The van der Waals surface area contributed by atoms with Gasteiger partial charge in [0.1, 0.15) is 0 Å². The van der Waals surface area contributed by atoms with Crippen molar-refractivity contribution in [2.24, 2.45) is 0 Å². The van der Waals surface area contributed by atoms with Gasteiger partial charge in [-0.25, -0.2) is 0 Å². The Morgan fingerprint density at radius 2 is 1.27 bits per heavy atom. The van der Waals surface area contributed by atoms with Gasteiger partial charge < -0.3 is 9.88 Å². The highest BCUT2D eigenvalue weighted by Crippen LogP contribution is 2.53. The van der Waals surface area contributed by atoms with Gasteiger partial charge in [-0.05, 0) is 62.6 Å². The zero-order chi connectivity index (χ0) is 29.2. The summed E-state index contributed by atoms with van der Waals surface area (Å²) in [5, 5.41) is 7.65. The minimum Gasteiger partial charge on any atom is -0.354 e. The van der Waals surface area contributed by atoms with Crippen LogP contribution in [0.4, 0.5) is 17.1 Å². The van der Waals surface area contributed by atoms with Crippen LogP contribution in [0.3, 0.4) is 0 Å². The van der Waals surface area contributed by atoms with Gasteiger partial charge in [-0.15, -0.1) is 0 Å². The van der Waals surface area contributed by atoms with Crippen LogP contribution in [0.2, 0.25) is 0 Å². The fraction of sp³-hybridized carbons (Fsp3) is 0.0732. The van der Waals surface area contributed by atoms with Gasteiger partial charge in [-0.1, -0.05) is 122 Å². The van der Waals surface area contributed by atoms with E-state index in [9.17, 15) is 0 Å². The van der Waals surface area contributed by atoms with Gasteiger partial charge in [0.05, 0.1) is 11.2 Å². The van der Waals surface area contributed by atoms with Gasteiger partial charge in [0.2, 0.25) is 0 Å². The van der Waals surface area contributed by atoms with E-state index in [1.165, 1.54) is 93.6 Å². The Labute approximate surface area is 256 Å². The smallest absolute Gasteiger partial charge is 0.198 e. The van der Waals surface area contributed by atoms with Gasteiger partial charge in [0, 0.05) is 44.0 Å². The zero-order valence-corrected chi connectivity index (χ0v) is 24.8. The molecule has 44 heavy (non-hydrogen) atoms. The highest BCUT2D eigenvalue weighted by atomic mass is 15.2. The number of benzene rings is 7. The first kappa shape index (κ1) is 24.2. The minimum atomic E-state index is -0.0805. The molecule has 0 atom stereocenters. The maximum absolute atomic E-state index is 3.87. The lowest BCUT2D eigenvalue weighted by atomic mass is 9.55. The molecular weight excluding hydrogens is 531 g/mol. The van der Waals surface area contributed by atoms with Crippen LogP contribution in [0.5, 0.6) is 0 Å². The van der Waals surface area contributed by atoms with Crippen LogP contribution in [0.15, 0.2) is 127 Å². The van der Waals surface area contributed by atoms with Crippen molar-refractivity contribution in [2.45, 2.75) is 19.3 Å². The van der Waals surface area contributed by atoms with Crippen LogP contribution in [0, 0.1) is 0 Å². The number of anilines is 3. The van der Waals surface area contributed by atoms with Crippen molar-refractivity contribution in [2.75, 3.05) is 4.90 Å². The second-order valence-electron chi connectivity index (χ2n) is 13.0. The van der Waals surface area contributed by atoms with Gasteiger partial charge >= 0.3 is 0 Å². The lowest BCUT2D eigenvalue weighted by Gasteiger charge is -2.46.